The molecule has 1 aromatic carbocycles. The largest absolute Gasteiger partial charge is 0.489 e. The normalized spacial score (nSPS) is 10.5. The van der Waals surface area contributed by atoms with Crippen molar-refractivity contribution < 1.29 is 9.13 Å². The molecule has 0 bridgehead atoms. The van der Waals surface area contributed by atoms with Crippen LogP contribution in [0.5, 0.6) is 5.75 Å². The van der Waals surface area contributed by atoms with Crippen LogP contribution in [0.3, 0.4) is 0 Å². The van der Waals surface area contributed by atoms with Gasteiger partial charge in [0.15, 0.2) is 0 Å². The maximum Gasteiger partial charge on any atom is 0.126 e. The van der Waals surface area contributed by atoms with Crippen molar-refractivity contribution in [1.29, 1.82) is 0 Å². The predicted molar refractivity (Wildman–Crippen MR) is 64.2 cm³/mol. The molecule has 16 heavy (non-hydrogen) atoms. The molecule has 0 aliphatic rings. The first-order valence-corrected chi connectivity index (χ1v) is 5.36. The Morgan fingerprint density at radius 3 is 2.88 bits per heavy atom. The predicted octanol–water partition coefficient (Wildman–Crippen LogP) is 2.76. The second kappa shape index (κ2) is 6.28. The van der Waals surface area contributed by atoms with Crippen molar-refractivity contribution in [2.75, 3.05) is 13.2 Å². The van der Waals surface area contributed by atoms with Gasteiger partial charge < -0.3 is 10.1 Å². The smallest absolute Gasteiger partial charge is 0.126 e. The van der Waals surface area contributed by atoms with Crippen LogP contribution in [0.4, 0.5) is 4.39 Å². The summed E-state index contributed by atoms with van der Waals surface area (Å²) >= 11 is 0. The molecule has 0 amide bonds. The molecule has 1 rings (SSSR count). The molecule has 0 saturated heterocycles. The molecule has 3 heteroatoms. The summed E-state index contributed by atoms with van der Waals surface area (Å²) in [5.74, 6) is 0.245. The number of benzene rings is 1. The lowest BCUT2D eigenvalue weighted by Gasteiger charge is -2.11. The molecular weight excluding hydrogens is 205 g/mol. The lowest BCUT2D eigenvalue weighted by molar-refractivity contribution is 0.345. The molecule has 1 aromatic rings. The molecule has 0 fully saturated rings. The van der Waals surface area contributed by atoms with Crippen molar-refractivity contribution >= 4 is 0 Å². The summed E-state index contributed by atoms with van der Waals surface area (Å²) < 4.78 is 18.2. The molecule has 0 atom stereocenters. The van der Waals surface area contributed by atoms with Gasteiger partial charge in [-0.05, 0) is 17.7 Å². The fourth-order valence-corrected chi connectivity index (χ4v) is 1.14. The number of halogens is 1. The van der Waals surface area contributed by atoms with Gasteiger partial charge in [0, 0.05) is 18.7 Å². The van der Waals surface area contributed by atoms with E-state index in [2.05, 4.69) is 25.7 Å². The van der Waals surface area contributed by atoms with E-state index >= 15 is 0 Å². The standard InChI is InChI=1S/C13H18FNO/c1-10(2)15-8-11(3)9-16-13-6-4-5-12(14)7-13/h4-7,10,15H,3,8-9H2,1-2H3. The summed E-state index contributed by atoms with van der Waals surface area (Å²) in [6.45, 7) is 9.14. The van der Waals surface area contributed by atoms with Crippen LogP contribution in [-0.4, -0.2) is 19.2 Å². The Bertz CT molecular complexity index is 350. The molecule has 1 N–H and O–H groups in total. The van der Waals surface area contributed by atoms with Crippen LogP contribution in [0.1, 0.15) is 13.8 Å². The van der Waals surface area contributed by atoms with Gasteiger partial charge in [0.25, 0.3) is 0 Å². The Morgan fingerprint density at radius 2 is 2.25 bits per heavy atom. The minimum absolute atomic E-state index is 0.289. The third kappa shape index (κ3) is 4.94. The van der Waals surface area contributed by atoms with Gasteiger partial charge in [0.1, 0.15) is 18.2 Å². The Morgan fingerprint density at radius 1 is 1.50 bits per heavy atom. The molecule has 0 aliphatic heterocycles. The molecule has 0 aromatic heterocycles. The number of nitrogens with one attached hydrogen (secondary N) is 1. The fourth-order valence-electron chi connectivity index (χ4n) is 1.14. The first kappa shape index (κ1) is 12.7. The van der Waals surface area contributed by atoms with Crippen LogP contribution in [0, 0.1) is 5.82 Å². The number of hydrogen-bond donors (Lipinski definition) is 1. The quantitative estimate of drug-likeness (QED) is 0.749. The van der Waals surface area contributed by atoms with E-state index in [1.165, 1.54) is 12.1 Å². The molecule has 0 spiro atoms. The molecular formula is C13H18FNO. The van der Waals surface area contributed by atoms with Gasteiger partial charge in [-0.1, -0.05) is 26.5 Å². The Kier molecular flexibility index (Phi) is 4.99. The highest BCUT2D eigenvalue weighted by molar-refractivity contribution is 5.23. The van der Waals surface area contributed by atoms with E-state index < -0.39 is 0 Å². The van der Waals surface area contributed by atoms with E-state index in [1.54, 1.807) is 12.1 Å². The van der Waals surface area contributed by atoms with E-state index in [4.69, 9.17) is 4.74 Å². The zero-order chi connectivity index (χ0) is 12.0. The summed E-state index contributed by atoms with van der Waals surface area (Å²) in [6, 6.07) is 6.53. The first-order chi connectivity index (χ1) is 7.58. The van der Waals surface area contributed by atoms with E-state index in [-0.39, 0.29) is 5.82 Å². The van der Waals surface area contributed by atoms with Crippen molar-refractivity contribution in [3.63, 3.8) is 0 Å². The highest BCUT2D eigenvalue weighted by Gasteiger charge is 1.99. The molecule has 0 unspecified atom stereocenters. The van der Waals surface area contributed by atoms with E-state index in [9.17, 15) is 4.39 Å². The average molecular weight is 223 g/mol. The van der Waals surface area contributed by atoms with Crippen LogP contribution < -0.4 is 10.1 Å². The third-order valence-corrected chi connectivity index (χ3v) is 2.00. The highest BCUT2D eigenvalue weighted by Crippen LogP contribution is 2.12. The average Bonchev–Trinajstić information content (AvgIpc) is 2.23. The van der Waals surface area contributed by atoms with Crippen molar-refractivity contribution in [3.05, 3.63) is 42.2 Å². The Hall–Kier alpha value is -1.35. The van der Waals surface area contributed by atoms with E-state index in [0.29, 0.717) is 24.9 Å². The lowest BCUT2D eigenvalue weighted by atomic mass is 10.3. The van der Waals surface area contributed by atoms with Crippen molar-refractivity contribution in [2.45, 2.75) is 19.9 Å². The Labute approximate surface area is 96.1 Å². The van der Waals surface area contributed by atoms with Crippen molar-refractivity contribution in [1.82, 2.24) is 5.32 Å². The molecule has 88 valence electrons. The topological polar surface area (TPSA) is 21.3 Å². The number of ether oxygens (including phenoxy) is 1. The van der Waals surface area contributed by atoms with Gasteiger partial charge in [-0.25, -0.2) is 4.39 Å². The second-order valence-corrected chi connectivity index (χ2v) is 4.03. The van der Waals surface area contributed by atoms with Gasteiger partial charge in [-0.2, -0.15) is 0 Å². The molecule has 0 heterocycles. The zero-order valence-corrected chi connectivity index (χ0v) is 9.79. The summed E-state index contributed by atoms with van der Waals surface area (Å²) in [6.07, 6.45) is 0. The maximum absolute atomic E-state index is 12.8. The minimum atomic E-state index is -0.289. The maximum atomic E-state index is 12.8. The van der Waals surface area contributed by atoms with E-state index in [0.717, 1.165) is 5.57 Å². The number of hydrogen-bond acceptors (Lipinski definition) is 2. The van der Waals surface area contributed by atoms with Gasteiger partial charge in [-0.3, -0.25) is 0 Å². The van der Waals surface area contributed by atoms with Gasteiger partial charge >= 0.3 is 0 Å². The monoisotopic (exact) mass is 223 g/mol. The van der Waals surface area contributed by atoms with Crippen molar-refractivity contribution in [2.24, 2.45) is 0 Å². The lowest BCUT2D eigenvalue weighted by Crippen LogP contribution is -2.26. The molecule has 0 aliphatic carbocycles. The van der Waals surface area contributed by atoms with Crippen molar-refractivity contribution in [3.8, 4) is 5.75 Å². The van der Waals surface area contributed by atoms with Crippen LogP contribution in [0.15, 0.2) is 36.4 Å². The third-order valence-electron chi connectivity index (χ3n) is 2.00. The summed E-state index contributed by atoms with van der Waals surface area (Å²) in [5, 5.41) is 3.24. The SMILES string of the molecule is C=C(CNC(C)C)COc1cccc(F)c1. The highest BCUT2D eigenvalue weighted by atomic mass is 19.1. The first-order valence-electron chi connectivity index (χ1n) is 5.36. The summed E-state index contributed by atoms with van der Waals surface area (Å²) in [5.41, 5.74) is 0.943. The Balaban J connectivity index is 2.31. The number of rotatable bonds is 6. The summed E-state index contributed by atoms with van der Waals surface area (Å²) in [4.78, 5) is 0. The van der Waals surface area contributed by atoms with Gasteiger partial charge in [-0.15, -0.1) is 0 Å². The molecule has 0 saturated carbocycles. The minimum Gasteiger partial charge on any atom is -0.489 e. The van der Waals surface area contributed by atoms with Crippen LogP contribution in [0.2, 0.25) is 0 Å². The molecule has 2 nitrogen and oxygen atoms in total. The zero-order valence-electron chi connectivity index (χ0n) is 9.79. The van der Waals surface area contributed by atoms with Gasteiger partial charge in [0.2, 0.25) is 0 Å². The van der Waals surface area contributed by atoms with Crippen LogP contribution in [0.25, 0.3) is 0 Å². The molecule has 0 radical (unpaired) electrons. The van der Waals surface area contributed by atoms with Crippen LogP contribution >= 0.6 is 0 Å². The van der Waals surface area contributed by atoms with Crippen LogP contribution in [-0.2, 0) is 0 Å². The fraction of sp³-hybridized carbons (Fsp3) is 0.385. The summed E-state index contributed by atoms with van der Waals surface area (Å²) in [7, 11) is 0. The van der Waals surface area contributed by atoms with E-state index in [1.807, 2.05) is 0 Å². The second-order valence-electron chi connectivity index (χ2n) is 4.03. The van der Waals surface area contributed by atoms with Gasteiger partial charge in [0.05, 0.1) is 0 Å².